The highest BCUT2D eigenvalue weighted by Crippen LogP contribution is 2.26. The lowest BCUT2D eigenvalue weighted by Gasteiger charge is -2.12. The minimum absolute atomic E-state index is 0.158. The average Bonchev–Trinajstić information content (AvgIpc) is 3.22. The summed E-state index contributed by atoms with van der Waals surface area (Å²) in [6.45, 7) is 0.158. The second-order valence-electron chi connectivity index (χ2n) is 6.41. The number of imidazole rings is 1. The Morgan fingerprint density at radius 3 is 2.86 bits per heavy atom. The molecule has 5 aromatic rings. The molecule has 0 aliphatic rings. The molecule has 29 heavy (non-hydrogen) atoms. The predicted molar refractivity (Wildman–Crippen MR) is 107 cm³/mol. The number of H-pyrrole nitrogens is 1. The van der Waals surface area contributed by atoms with Crippen LogP contribution in [0.4, 0.5) is 10.2 Å². The number of nitrogens with one attached hydrogen (secondary N) is 2. The summed E-state index contributed by atoms with van der Waals surface area (Å²) in [5.41, 5.74) is 2.16. The number of halogens is 1. The number of hydrogen-bond donors (Lipinski definition) is 2. The van der Waals surface area contributed by atoms with Gasteiger partial charge < -0.3 is 14.7 Å². The monoisotopic (exact) mass is 387 g/mol. The van der Waals surface area contributed by atoms with Crippen molar-refractivity contribution in [3.63, 3.8) is 0 Å². The Labute approximate surface area is 163 Å². The molecule has 0 saturated carbocycles. The molecule has 0 aliphatic heterocycles. The zero-order valence-corrected chi connectivity index (χ0v) is 15.0. The van der Waals surface area contributed by atoms with Crippen LogP contribution in [0.2, 0.25) is 0 Å². The predicted octanol–water partition coefficient (Wildman–Crippen LogP) is 3.88. The molecule has 0 amide bonds. The maximum atomic E-state index is 13.8. The molecule has 3 aromatic heterocycles. The van der Waals surface area contributed by atoms with Crippen LogP contribution < -0.4 is 10.7 Å². The number of anilines is 1. The van der Waals surface area contributed by atoms with Crippen molar-refractivity contribution in [1.82, 2.24) is 19.9 Å². The Morgan fingerprint density at radius 2 is 1.97 bits per heavy atom. The average molecular weight is 387 g/mol. The summed E-state index contributed by atoms with van der Waals surface area (Å²) in [4.78, 5) is 28.6. The maximum Gasteiger partial charge on any atom is 0.200 e. The molecular weight excluding hydrogens is 373 g/mol. The Bertz CT molecular complexity index is 1410. The van der Waals surface area contributed by atoms with Crippen LogP contribution in [0, 0.1) is 5.82 Å². The first kappa shape index (κ1) is 17.1. The highest BCUT2D eigenvalue weighted by atomic mass is 19.1. The molecule has 7 nitrogen and oxygen atoms in total. The smallest absolute Gasteiger partial charge is 0.200 e. The molecule has 142 valence electrons. The fourth-order valence-corrected chi connectivity index (χ4v) is 3.31. The van der Waals surface area contributed by atoms with Gasteiger partial charge >= 0.3 is 0 Å². The van der Waals surface area contributed by atoms with Gasteiger partial charge in [0.05, 0.1) is 23.8 Å². The third kappa shape index (κ3) is 3.00. The van der Waals surface area contributed by atoms with Gasteiger partial charge in [0.15, 0.2) is 11.5 Å². The van der Waals surface area contributed by atoms with Crippen molar-refractivity contribution in [2.75, 3.05) is 5.32 Å². The fourth-order valence-electron chi connectivity index (χ4n) is 3.31. The lowest BCUT2D eigenvalue weighted by molar-refractivity contribution is 0.548. The Morgan fingerprint density at radius 1 is 1.07 bits per heavy atom. The van der Waals surface area contributed by atoms with E-state index in [9.17, 15) is 9.18 Å². The highest BCUT2D eigenvalue weighted by molar-refractivity contribution is 5.84. The minimum atomic E-state index is -0.428. The van der Waals surface area contributed by atoms with E-state index < -0.39 is 5.82 Å². The van der Waals surface area contributed by atoms with Crippen molar-refractivity contribution in [2.24, 2.45) is 0 Å². The quantitative estimate of drug-likeness (QED) is 0.486. The van der Waals surface area contributed by atoms with Crippen LogP contribution in [0.3, 0.4) is 0 Å². The zero-order chi connectivity index (χ0) is 19.8. The van der Waals surface area contributed by atoms with Gasteiger partial charge in [0.1, 0.15) is 29.0 Å². The molecule has 0 bridgehead atoms. The first-order valence-electron chi connectivity index (χ1n) is 8.89. The number of rotatable bonds is 4. The van der Waals surface area contributed by atoms with Crippen LogP contribution in [-0.2, 0) is 6.54 Å². The minimum Gasteiger partial charge on any atom is -0.458 e. The molecule has 0 atom stereocenters. The number of nitrogens with zero attached hydrogens (tertiary/aromatic N) is 3. The van der Waals surface area contributed by atoms with Gasteiger partial charge in [-0.1, -0.05) is 24.3 Å². The molecule has 3 heterocycles. The van der Waals surface area contributed by atoms with Crippen molar-refractivity contribution in [3.8, 4) is 11.1 Å². The van der Waals surface area contributed by atoms with Crippen LogP contribution in [0.25, 0.3) is 33.3 Å². The Balaban J connectivity index is 1.65. The van der Waals surface area contributed by atoms with E-state index in [0.717, 1.165) is 0 Å². The maximum absolute atomic E-state index is 13.8. The molecule has 0 spiro atoms. The molecule has 5 rings (SSSR count). The van der Waals surface area contributed by atoms with E-state index in [4.69, 9.17) is 4.42 Å². The second kappa shape index (κ2) is 6.83. The standard InChI is InChI=1S/C21H14FN5O2/c22-13-5-3-4-12(8-13)17-16(29-15-7-2-1-6-14(15)19(17)28)9-23-20-18-21(25-10-24-18)27-11-26-20/h1-8,10-11H,9H2,(H2,23,24,25,26,27). The summed E-state index contributed by atoms with van der Waals surface area (Å²) in [7, 11) is 0. The second-order valence-corrected chi connectivity index (χ2v) is 6.41. The van der Waals surface area contributed by atoms with E-state index in [1.165, 1.54) is 24.8 Å². The summed E-state index contributed by atoms with van der Waals surface area (Å²) in [6.07, 6.45) is 2.94. The molecule has 0 fully saturated rings. The summed E-state index contributed by atoms with van der Waals surface area (Å²) in [6, 6.07) is 12.9. The summed E-state index contributed by atoms with van der Waals surface area (Å²) < 4.78 is 19.9. The fraction of sp³-hybridized carbons (Fsp3) is 0.0476. The number of para-hydroxylation sites is 1. The van der Waals surface area contributed by atoms with Crippen LogP contribution in [0.1, 0.15) is 5.76 Å². The van der Waals surface area contributed by atoms with E-state index in [0.29, 0.717) is 44.8 Å². The first-order chi connectivity index (χ1) is 14.2. The van der Waals surface area contributed by atoms with Crippen LogP contribution in [0.5, 0.6) is 0 Å². The number of fused-ring (bicyclic) bond motifs is 2. The van der Waals surface area contributed by atoms with E-state index in [1.807, 2.05) is 0 Å². The van der Waals surface area contributed by atoms with Gasteiger partial charge in [-0.25, -0.2) is 19.3 Å². The topological polar surface area (TPSA) is 96.7 Å². The third-order valence-corrected chi connectivity index (χ3v) is 4.62. The number of benzene rings is 2. The van der Waals surface area contributed by atoms with Gasteiger partial charge in [0.25, 0.3) is 0 Å². The van der Waals surface area contributed by atoms with E-state index in [2.05, 4.69) is 25.3 Å². The largest absolute Gasteiger partial charge is 0.458 e. The molecule has 0 saturated heterocycles. The van der Waals surface area contributed by atoms with E-state index >= 15 is 0 Å². The Hall–Kier alpha value is -4.07. The zero-order valence-electron chi connectivity index (χ0n) is 15.0. The lowest BCUT2D eigenvalue weighted by Crippen LogP contribution is -2.12. The van der Waals surface area contributed by atoms with E-state index in [1.54, 1.807) is 36.4 Å². The van der Waals surface area contributed by atoms with Crippen molar-refractivity contribution in [1.29, 1.82) is 0 Å². The van der Waals surface area contributed by atoms with Gasteiger partial charge in [-0.2, -0.15) is 0 Å². The first-order valence-corrected chi connectivity index (χ1v) is 8.89. The van der Waals surface area contributed by atoms with Crippen molar-refractivity contribution < 1.29 is 8.81 Å². The van der Waals surface area contributed by atoms with Crippen molar-refractivity contribution in [2.45, 2.75) is 6.54 Å². The third-order valence-electron chi connectivity index (χ3n) is 4.62. The summed E-state index contributed by atoms with van der Waals surface area (Å²) in [5.74, 6) is 0.446. The number of aromatic nitrogens is 4. The molecular formula is C21H14FN5O2. The molecule has 2 aromatic carbocycles. The normalized spacial score (nSPS) is 11.2. The van der Waals surface area contributed by atoms with Crippen LogP contribution in [0.15, 0.2) is 70.4 Å². The summed E-state index contributed by atoms with van der Waals surface area (Å²) >= 11 is 0. The Kier molecular flexibility index (Phi) is 4.02. The molecule has 8 heteroatoms. The van der Waals surface area contributed by atoms with E-state index in [-0.39, 0.29) is 12.0 Å². The highest BCUT2D eigenvalue weighted by Gasteiger charge is 2.17. The van der Waals surface area contributed by atoms with Gasteiger partial charge in [0.2, 0.25) is 5.43 Å². The lowest BCUT2D eigenvalue weighted by atomic mass is 10.0. The number of hydrogen-bond acceptors (Lipinski definition) is 6. The molecule has 2 N–H and O–H groups in total. The SMILES string of the molecule is O=c1c(-c2cccc(F)c2)c(CNc2ncnc3[nH]cnc23)oc2ccccc12. The molecule has 0 aliphatic carbocycles. The van der Waals surface area contributed by atoms with Gasteiger partial charge in [0, 0.05) is 0 Å². The van der Waals surface area contributed by atoms with Crippen molar-refractivity contribution in [3.05, 3.63) is 83.0 Å². The van der Waals surface area contributed by atoms with Gasteiger partial charge in [-0.3, -0.25) is 4.79 Å². The van der Waals surface area contributed by atoms with Crippen LogP contribution in [-0.4, -0.2) is 19.9 Å². The summed E-state index contributed by atoms with van der Waals surface area (Å²) in [5, 5.41) is 3.58. The van der Waals surface area contributed by atoms with Gasteiger partial charge in [-0.15, -0.1) is 0 Å². The van der Waals surface area contributed by atoms with Crippen molar-refractivity contribution >= 4 is 28.0 Å². The molecule has 0 unspecified atom stereocenters. The van der Waals surface area contributed by atoms with Gasteiger partial charge in [-0.05, 0) is 29.8 Å². The van der Waals surface area contributed by atoms with Crippen LogP contribution >= 0.6 is 0 Å². The number of aromatic amines is 1. The molecule has 0 radical (unpaired) electrons.